The van der Waals surface area contributed by atoms with Gasteiger partial charge in [0.2, 0.25) is 11.8 Å². The van der Waals surface area contributed by atoms with E-state index in [9.17, 15) is 23.2 Å². The van der Waals surface area contributed by atoms with E-state index in [4.69, 9.17) is 23.2 Å². The summed E-state index contributed by atoms with van der Waals surface area (Å²) in [5.74, 6) is -3.79. The van der Waals surface area contributed by atoms with E-state index in [2.05, 4.69) is 10.6 Å². The summed E-state index contributed by atoms with van der Waals surface area (Å²) in [5, 5.41) is 4.99. The summed E-state index contributed by atoms with van der Waals surface area (Å²) in [6.07, 6.45) is 0. The highest BCUT2D eigenvalue weighted by Crippen LogP contribution is 2.21. The predicted octanol–water partition coefficient (Wildman–Crippen LogP) is 3.49. The third-order valence-electron chi connectivity index (χ3n) is 3.87. The van der Waals surface area contributed by atoms with Crippen molar-refractivity contribution in [1.29, 1.82) is 0 Å². The Morgan fingerprint density at radius 3 is 2.31 bits per heavy atom. The molecule has 0 bridgehead atoms. The molecule has 29 heavy (non-hydrogen) atoms. The first-order valence-corrected chi connectivity index (χ1v) is 9.23. The summed E-state index contributed by atoms with van der Waals surface area (Å²) < 4.78 is 27.2. The van der Waals surface area contributed by atoms with Crippen LogP contribution in [-0.2, 0) is 9.59 Å². The van der Waals surface area contributed by atoms with Gasteiger partial charge in [0.1, 0.15) is 17.3 Å². The molecule has 2 rings (SSSR count). The van der Waals surface area contributed by atoms with Gasteiger partial charge in [-0.3, -0.25) is 14.4 Å². The highest BCUT2D eigenvalue weighted by atomic mass is 35.5. The average molecular weight is 444 g/mol. The van der Waals surface area contributed by atoms with Crippen molar-refractivity contribution >= 4 is 46.6 Å². The maximum absolute atomic E-state index is 13.6. The van der Waals surface area contributed by atoms with Crippen LogP contribution in [0.4, 0.5) is 14.5 Å². The molecule has 2 aromatic rings. The molecule has 0 aliphatic rings. The number of nitrogens with zero attached hydrogens (tertiary/aromatic N) is 1. The number of halogens is 4. The quantitative estimate of drug-likeness (QED) is 0.687. The Labute approximate surface area is 175 Å². The standard InChI is InChI=1S/C19H17Cl2F2N3O3/c1-2-26(10-16(27)25-18-14(22)4-3-5-15(18)23)17(28)9-24-19(29)12-7-6-11(20)8-13(12)21/h3-8H,2,9-10H2,1H3,(H,24,29)(H,25,27). The van der Waals surface area contributed by atoms with E-state index in [0.29, 0.717) is 5.02 Å². The van der Waals surface area contributed by atoms with Crippen molar-refractivity contribution in [2.24, 2.45) is 0 Å². The van der Waals surface area contributed by atoms with Gasteiger partial charge in [-0.2, -0.15) is 0 Å². The summed E-state index contributed by atoms with van der Waals surface area (Å²) in [6, 6.07) is 7.45. The number of benzene rings is 2. The van der Waals surface area contributed by atoms with Gasteiger partial charge in [0.05, 0.1) is 23.7 Å². The maximum atomic E-state index is 13.6. The molecule has 0 aliphatic heterocycles. The van der Waals surface area contributed by atoms with Gasteiger partial charge in [-0.25, -0.2) is 8.78 Å². The highest BCUT2D eigenvalue weighted by molar-refractivity contribution is 6.36. The second kappa shape index (κ2) is 10.2. The van der Waals surface area contributed by atoms with E-state index in [1.165, 1.54) is 18.2 Å². The Morgan fingerprint density at radius 2 is 1.72 bits per heavy atom. The Balaban J connectivity index is 1.94. The largest absolute Gasteiger partial charge is 0.343 e. The lowest BCUT2D eigenvalue weighted by atomic mass is 10.2. The highest BCUT2D eigenvalue weighted by Gasteiger charge is 2.19. The van der Waals surface area contributed by atoms with E-state index < -0.39 is 48.1 Å². The van der Waals surface area contributed by atoms with Crippen molar-refractivity contribution in [3.8, 4) is 0 Å². The normalized spacial score (nSPS) is 10.4. The van der Waals surface area contributed by atoms with Crippen molar-refractivity contribution in [1.82, 2.24) is 10.2 Å². The Hall–Kier alpha value is -2.71. The Bertz CT molecular complexity index is 921. The first-order chi connectivity index (χ1) is 13.7. The van der Waals surface area contributed by atoms with Crippen molar-refractivity contribution < 1.29 is 23.2 Å². The number of hydrogen-bond acceptors (Lipinski definition) is 3. The molecule has 0 saturated carbocycles. The SMILES string of the molecule is CCN(CC(=O)Nc1c(F)cccc1F)C(=O)CNC(=O)c1ccc(Cl)cc1Cl. The summed E-state index contributed by atoms with van der Waals surface area (Å²) in [4.78, 5) is 37.7. The Kier molecular flexibility index (Phi) is 7.92. The molecule has 3 amide bonds. The molecule has 6 nitrogen and oxygen atoms in total. The fraction of sp³-hybridized carbons (Fsp3) is 0.211. The molecule has 0 radical (unpaired) electrons. The van der Waals surface area contributed by atoms with E-state index in [1.807, 2.05) is 0 Å². The molecule has 0 fully saturated rings. The molecule has 0 aromatic heterocycles. The van der Waals surface area contributed by atoms with Crippen LogP contribution in [0.5, 0.6) is 0 Å². The molecule has 2 N–H and O–H groups in total. The lowest BCUT2D eigenvalue weighted by Gasteiger charge is -2.21. The summed E-state index contributed by atoms with van der Waals surface area (Å²) in [6.45, 7) is 0.921. The second-order valence-electron chi connectivity index (χ2n) is 5.86. The van der Waals surface area contributed by atoms with Gasteiger partial charge in [0.25, 0.3) is 5.91 Å². The molecule has 10 heteroatoms. The molecule has 0 atom stereocenters. The van der Waals surface area contributed by atoms with Gasteiger partial charge in [0, 0.05) is 11.6 Å². The number of carbonyl (C=O) groups is 3. The van der Waals surface area contributed by atoms with Gasteiger partial charge in [0.15, 0.2) is 0 Å². The monoisotopic (exact) mass is 443 g/mol. The van der Waals surface area contributed by atoms with Crippen LogP contribution in [0.1, 0.15) is 17.3 Å². The van der Waals surface area contributed by atoms with Crippen LogP contribution in [-0.4, -0.2) is 42.3 Å². The van der Waals surface area contributed by atoms with Gasteiger partial charge in [-0.1, -0.05) is 29.3 Å². The zero-order valence-electron chi connectivity index (χ0n) is 15.3. The molecule has 0 saturated heterocycles. The molecular formula is C19H17Cl2F2N3O3. The third kappa shape index (κ3) is 6.13. The van der Waals surface area contributed by atoms with E-state index >= 15 is 0 Å². The molecule has 2 aromatic carbocycles. The lowest BCUT2D eigenvalue weighted by Crippen LogP contribution is -2.43. The molecule has 0 unspecified atom stereocenters. The number of likely N-dealkylation sites (N-methyl/N-ethyl adjacent to an activating group) is 1. The zero-order chi connectivity index (χ0) is 21.6. The molecule has 0 aliphatic carbocycles. The fourth-order valence-electron chi connectivity index (χ4n) is 2.38. The maximum Gasteiger partial charge on any atom is 0.253 e. The van der Waals surface area contributed by atoms with Crippen LogP contribution in [0.2, 0.25) is 10.0 Å². The van der Waals surface area contributed by atoms with Gasteiger partial charge in [-0.15, -0.1) is 0 Å². The van der Waals surface area contributed by atoms with Crippen molar-refractivity contribution in [3.63, 3.8) is 0 Å². The minimum Gasteiger partial charge on any atom is -0.343 e. The van der Waals surface area contributed by atoms with Crippen LogP contribution < -0.4 is 10.6 Å². The van der Waals surface area contributed by atoms with Crippen molar-refractivity contribution in [3.05, 3.63) is 63.6 Å². The summed E-state index contributed by atoms with van der Waals surface area (Å²) >= 11 is 11.7. The van der Waals surface area contributed by atoms with Crippen LogP contribution >= 0.6 is 23.2 Å². The third-order valence-corrected chi connectivity index (χ3v) is 4.42. The fourth-order valence-corrected chi connectivity index (χ4v) is 2.88. The van der Waals surface area contributed by atoms with Crippen LogP contribution in [0.25, 0.3) is 0 Å². The number of rotatable bonds is 7. The topological polar surface area (TPSA) is 78.5 Å². The number of hydrogen-bond donors (Lipinski definition) is 2. The minimum absolute atomic E-state index is 0.126. The minimum atomic E-state index is -0.931. The van der Waals surface area contributed by atoms with Gasteiger partial charge in [-0.05, 0) is 37.3 Å². The van der Waals surface area contributed by atoms with E-state index in [-0.39, 0.29) is 17.1 Å². The first-order valence-electron chi connectivity index (χ1n) is 8.47. The molecule has 0 spiro atoms. The molecular weight excluding hydrogens is 427 g/mol. The first kappa shape index (κ1) is 22.6. The smallest absolute Gasteiger partial charge is 0.253 e. The number of carbonyl (C=O) groups excluding carboxylic acids is 3. The zero-order valence-corrected chi connectivity index (χ0v) is 16.8. The van der Waals surface area contributed by atoms with Crippen molar-refractivity contribution in [2.75, 3.05) is 25.0 Å². The van der Waals surface area contributed by atoms with E-state index in [0.717, 1.165) is 23.1 Å². The molecule has 0 heterocycles. The predicted molar refractivity (Wildman–Crippen MR) is 106 cm³/mol. The lowest BCUT2D eigenvalue weighted by molar-refractivity contribution is -0.133. The number of anilines is 1. The summed E-state index contributed by atoms with van der Waals surface area (Å²) in [5.41, 5.74) is -0.452. The van der Waals surface area contributed by atoms with Crippen LogP contribution in [0.3, 0.4) is 0 Å². The number of nitrogens with one attached hydrogen (secondary N) is 2. The average Bonchev–Trinajstić information content (AvgIpc) is 2.67. The summed E-state index contributed by atoms with van der Waals surface area (Å²) in [7, 11) is 0. The van der Waals surface area contributed by atoms with Gasteiger partial charge < -0.3 is 15.5 Å². The van der Waals surface area contributed by atoms with Crippen LogP contribution in [0.15, 0.2) is 36.4 Å². The Morgan fingerprint density at radius 1 is 1.07 bits per heavy atom. The second-order valence-corrected chi connectivity index (χ2v) is 6.70. The molecule has 154 valence electrons. The van der Waals surface area contributed by atoms with Crippen LogP contribution in [0, 0.1) is 11.6 Å². The van der Waals surface area contributed by atoms with Crippen molar-refractivity contribution in [2.45, 2.75) is 6.92 Å². The number of amides is 3. The van der Waals surface area contributed by atoms with Gasteiger partial charge >= 0.3 is 0 Å². The van der Waals surface area contributed by atoms with E-state index in [1.54, 1.807) is 6.92 Å². The number of para-hydroxylation sites is 1.